The first-order valence-electron chi connectivity index (χ1n) is 7.65. The van der Waals surface area contributed by atoms with Gasteiger partial charge in [0.05, 0.1) is 17.8 Å². The topological polar surface area (TPSA) is 43.9 Å². The van der Waals surface area contributed by atoms with Crippen LogP contribution in [-0.2, 0) is 4.79 Å². The number of amides is 3. The van der Waals surface area contributed by atoms with Crippen molar-refractivity contribution >= 4 is 29.0 Å². The Morgan fingerprint density at radius 3 is 2.71 bits per heavy atom. The second kappa shape index (κ2) is 5.02. The number of hydrogen-bond donors (Lipinski definition) is 0. The molecule has 4 heterocycles. The molecule has 3 fully saturated rings. The van der Waals surface area contributed by atoms with Gasteiger partial charge < -0.3 is 14.7 Å². The Bertz CT molecular complexity index is 553. The molecular weight excluding hydrogens is 286 g/mol. The number of carbonyl (C=O) groups is 2. The van der Waals surface area contributed by atoms with E-state index in [1.54, 1.807) is 11.3 Å². The van der Waals surface area contributed by atoms with Gasteiger partial charge in [-0.2, -0.15) is 11.3 Å². The molecule has 0 bridgehead atoms. The number of fused-ring (bicyclic) bond motifs is 1. The summed E-state index contributed by atoms with van der Waals surface area (Å²) in [5.74, 6) is 0.155. The molecule has 112 valence electrons. The molecule has 3 aliphatic rings. The van der Waals surface area contributed by atoms with Crippen LogP contribution in [0, 0.1) is 0 Å². The summed E-state index contributed by atoms with van der Waals surface area (Å²) in [5, 5.41) is 4.02. The molecule has 0 aliphatic carbocycles. The molecule has 0 radical (unpaired) electrons. The van der Waals surface area contributed by atoms with Crippen LogP contribution < -0.4 is 4.90 Å². The van der Waals surface area contributed by atoms with Gasteiger partial charge in [0.15, 0.2) is 0 Å². The fraction of sp³-hybridized carbons (Fsp3) is 0.600. The van der Waals surface area contributed by atoms with Crippen molar-refractivity contribution in [1.82, 2.24) is 9.80 Å². The highest BCUT2D eigenvalue weighted by atomic mass is 32.1. The third kappa shape index (κ3) is 2.04. The zero-order valence-electron chi connectivity index (χ0n) is 11.9. The summed E-state index contributed by atoms with van der Waals surface area (Å²) in [7, 11) is 0. The molecule has 21 heavy (non-hydrogen) atoms. The summed E-state index contributed by atoms with van der Waals surface area (Å²) < 4.78 is 0. The lowest BCUT2D eigenvalue weighted by atomic mass is 10.1. The summed E-state index contributed by atoms with van der Waals surface area (Å²) in [6.07, 6.45) is 3.58. The van der Waals surface area contributed by atoms with E-state index in [-0.39, 0.29) is 24.0 Å². The van der Waals surface area contributed by atoms with Gasteiger partial charge in [0.2, 0.25) is 5.91 Å². The Hall–Kier alpha value is -1.56. The molecule has 1 aromatic heterocycles. The van der Waals surface area contributed by atoms with Crippen molar-refractivity contribution in [1.29, 1.82) is 0 Å². The van der Waals surface area contributed by atoms with Gasteiger partial charge >= 0.3 is 6.03 Å². The smallest absolute Gasteiger partial charge is 0.320 e. The SMILES string of the molecule is O=C(N1CCCC1)N1CC[C@H]2[C@H]1CC(=O)N2c1ccsc1. The Morgan fingerprint density at radius 1 is 1.19 bits per heavy atom. The minimum atomic E-state index is 0.0606. The zero-order chi connectivity index (χ0) is 14.4. The summed E-state index contributed by atoms with van der Waals surface area (Å²) in [6.45, 7) is 2.52. The van der Waals surface area contributed by atoms with Crippen LogP contribution in [0.25, 0.3) is 0 Å². The maximum atomic E-state index is 12.6. The van der Waals surface area contributed by atoms with E-state index in [2.05, 4.69) is 0 Å². The van der Waals surface area contributed by atoms with Crippen molar-refractivity contribution < 1.29 is 9.59 Å². The van der Waals surface area contributed by atoms with Crippen LogP contribution in [0.4, 0.5) is 10.5 Å². The predicted molar refractivity (Wildman–Crippen MR) is 81.5 cm³/mol. The molecule has 0 N–H and O–H groups in total. The minimum Gasteiger partial charge on any atom is -0.325 e. The number of urea groups is 1. The van der Waals surface area contributed by atoms with Gasteiger partial charge in [0.25, 0.3) is 0 Å². The van der Waals surface area contributed by atoms with E-state index >= 15 is 0 Å². The largest absolute Gasteiger partial charge is 0.325 e. The van der Waals surface area contributed by atoms with Crippen LogP contribution in [0.1, 0.15) is 25.7 Å². The summed E-state index contributed by atoms with van der Waals surface area (Å²) in [5.41, 5.74) is 0.993. The minimum absolute atomic E-state index is 0.0606. The summed E-state index contributed by atoms with van der Waals surface area (Å²) in [6, 6.07) is 2.36. The molecule has 5 nitrogen and oxygen atoms in total. The van der Waals surface area contributed by atoms with E-state index in [1.807, 2.05) is 31.5 Å². The number of rotatable bonds is 1. The molecule has 0 saturated carbocycles. The molecule has 0 spiro atoms. The van der Waals surface area contributed by atoms with E-state index in [9.17, 15) is 9.59 Å². The highest BCUT2D eigenvalue weighted by Gasteiger charge is 2.49. The normalized spacial score (nSPS) is 28.6. The van der Waals surface area contributed by atoms with Crippen LogP contribution in [0.3, 0.4) is 0 Å². The van der Waals surface area contributed by atoms with Crippen molar-refractivity contribution in [3.8, 4) is 0 Å². The second-order valence-electron chi connectivity index (χ2n) is 6.04. The van der Waals surface area contributed by atoms with Crippen LogP contribution in [-0.4, -0.2) is 53.5 Å². The van der Waals surface area contributed by atoms with Crippen molar-refractivity contribution in [3.05, 3.63) is 16.8 Å². The van der Waals surface area contributed by atoms with Gasteiger partial charge in [-0.05, 0) is 30.7 Å². The Labute approximate surface area is 128 Å². The Kier molecular flexibility index (Phi) is 3.14. The molecule has 2 atom stereocenters. The molecule has 3 amide bonds. The van der Waals surface area contributed by atoms with E-state index in [0.717, 1.165) is 44.6 Å². The molecule has 1 aromatic rings. The van der Waals surface area contributed by atoms with Gasteiger partial charge in [-0.15, -0.1) is 0 Å². The first-order chi connectivity index (χ1) is 10.3. The van der Waals surface area contributed by atoms with Crippen molar-refractivity contribution in [2.24, 2.45) is 0 Å². The standard InChI is InChI=1S/C15H19N3O2S/c19-14-9-13-12(18(14)11-4-8-21-10-11)3-7-17(13)15(20)16-5-1-2-6-16/h4,8,10,12-13H,1-3,5-7,9H2/t12-,13+/m0/s1. The molecule has 4 rings (SSSR count). The predicted octanol–water partition coefficient (Wildman–Crippen LogP) is 2.14. The van der Waals surface area contributed by atoms with Crippen LogP contribution in [0.15, 0.2) is 16.8 Å². The fourth-order valence-corrected chi connectivity index (χ4v) is 4.53. The van der Waals surface area contributed by atoms with Gasteiger partial charge in [0, 0.05) is 31.4 Å². The van der Waals surface area contributed by atoms with Crippen LogP contribution in [0.2, 0.25) is 0 Å². The molecule has 3 aliphatic heterocycles. The summed E-state index contributed by atoms with van der Waals surface area (Å²) >= 11 is 1.61. The number of likely N-dealkylation sites (tertiary alicyclic amines) is 2. The maximum Gasteiger partial charge on any atom is 0.320 e. The quantitative estimate of drug-likeness (QED) is 0.798. The van der Waals surface area contributed by atoms with Gasteiger partial charge in [-0.3, -0.25) is 4.79 Å². The van der Waals surface area contributed by atoms with Gasteiger partial charge in [-0.1, -0.05) is 0 Å². The van der Waals surface area contributed by atoms with Crippen LogP contribution >= 0.6 is 11.3 Å². The zero-order valence-corrected chi connectivity index (χ0v) is 12.7. The van der Waals surface area contributed by atoms with Crippen molar-refractivity contribution in [3.63, 3.8) is 0 Å². The monoisotopic (exact) mass is 305 g/mol. The lowest BCUT2D eigenvalue weighted by molar-refractivity contribution is -0.117. The first kappa shape index (κ1) is 13.1. The maximum absolute atomic E-state index is 12.6. The number of anilines is 1. The molecule has 6 heteroatoms. The van der Waals surface area contributed by atoms with E-state index in [1.165, 1.54) is 0 Å². The average Bonchev–Trinajstić information content (AvgIpc) is 3.23. The number of hydrogen-bond acceptors (Lipinski definition) is 3. The third-order valence-corrected chi connectivity index (χ3v) is 5.57. The highest BCUT2D eigenvalue weighted by molar-refractivity contribution is 7.08. The molecule has 3 saturated heterocycles. The Balaban J connectivity index is 1.54. The number of carbonyl (C=O) groups excluding carboxylic acids is 2. The van der Waals surface area contributed by atoms with E-state index in [4.69, 9.17) is 0 Å². The number of nitrogens with zero attached hydrogens (tertiary/aromatic N) is 3. The van der Waals surface area contributed by atoms with Crippen LogP contribution in [0.5, 0.6) is 0 Å². The fourth-order valence-electron chi connectivity index (χ4n) is 3.90. The van der Waals surface area contributed by atoms with Gasteiger partial charge in [0.1, 0.15) is 0 Å². The van der Waals surface area contributed by atoms with Crippen molar-refractivity contribution in [2.75, 3.05) is 24.5 Å². The molecule has 0 aromatic carbocycles. The third-order valence-electron chi connectivity index (χ3n) is 4.90. The average molecular weight is 305 g/mol. The molecule has 0 unspecified atom stereocenters. The van der Waals surface area contributed by atoms with E-state index < -0.39 is 0 Å². The van der Waals surface area contributed by atoms with Crippen molar-refractivity contribution in [2.45, 2.75) is 37.8 Å². The lowest BCUT2D eigenvalue weighted by Crippen LogP contribution is -2.46. The Morgan fingerprint density at radius 2 is 2.00 bits per heavy atom. The first-order valence-corrected chi connectivity index (χ1v) is 8.60. The lowest BCUT2D eigenvalue weighted by Gasteiger charge is -2.28. The second-order valence-corrected chi connectivity index (χ2v) is 6.82. The van der Waals surface area contributed by atoms with E-state index in [0.29, 0.717) is 6.42 Å². The highest BCUT2D eigenvalue weighted by Crippen LogP contribution is 2.37. The molecular formula is C15H19N3O2S. The summed E-state index contributed by atoms with van der Waals surface area (Å²) in [4.78, 5) is 30.8. The van der Waals surface area contributed by atoms with Gasteiger partial charge in [-0.25, -0.2) is 4.79 Å². The number of thiophene rings is 1.